The van der Waals surface area contributed by atoms with Gasteiger partial charge in [-0.25, -0.2) is 0 Å². The second-order valence-electron chi connectivity index (χ2n) is 4.35. The molecule has 1 heterocycles. The van der Waals surface area contributed by atoms with Gasteiger partial charge in [-0.15, -0.1) is 0 Å². The summed E-state index contributed by atoms with van der Waals surface area (Å²) in [6, 6.07) is 6.09. The molecule has 1 aliphatic rings. The molecule has 1 N–H and O–H groups in total. The van der Waals surface area contributed by atoms with E-state index >= 15 is 0 Å². The SMILES string of the molecule is CNC1CC(=O)N(c2ccc(OC)c(C)c2)C1. The summed E-state index contributed by atoms with van der Waals surface area (Å²) in [7, 11) is 3.54. The number of nitrogens with one attached hydrogen (secondary N) is 1. The predicted molar refractivity (Wildman–Crippen MR) is 67.5 cm³/mol. The number of hydrogen-bond donors (Lipinski definition) is 1. The van der Waals surface area contributed by atoms with Crippen LogP contribution in [0.25, 0.3) is 0 Å². The highest BCUT2D eigenvalue weighted by Crippen LogP contribution is 2.27. The predicted octanol–water partition coefficient (Wildman–Crippen LogP) is 1.33. The van der Waals surface area contributed by atoms with Gasteiger partial charge in [-0.3, -0.25) is 4.79 Å². The van der Waals surface area contributed by atoms with Gasteiger partial charge in [0.1, 0.15) is 5.75 Å². The number of carbonyl (C=O) groups is 1. The van der Waals surface area contributed by atoms with Crippen molar-refractivity contribution < 1.29 is 9.53 Å². The number of nitrogens with zero attached hydrogens (tertiary/aromatic N) is 1. The van der Waals surface area contributed by atoms with Crippen LogP contribution in [0.5, 0.6) is 5.75 Å². The van der Waals surface area contributed by atoms with Gasteiger partial charge in [0.2, 0.25) is 5.91 Å². The summed E-state index contributed by atoms with van der Waals surface area (Å²) in [5.74, 6) is 1.03. The number of amides is 1. The molecule has 4 nitrogen and oxygen atoms in total. The number of hydrogen-bond acceptors (Lipinski definition) is 3. The maximum absolute atomic E-state index is 11.9. The summed E-state index contributed by atoms with van der Waals surface area (Å²) in [5.41, 5.74) is 2.00. The molecule has 1 fully saturated rings. The zero-order chi connectivity index (χ0) is 12.4. The molecule has 92 valence electrons. The normalized spacial score (nSPS) is 19.8. The molecule has 1 aliphatic heterocycles. The van der Waals surface area contributed by atoms with Crippen LogP contribution in [0.3, 0.4) is 0 Å². The zero-order valence-corrected chi connectivity index (χ0v) is 10.5. The molecule has 0 saturated carbocycles. The average molecular weight is 234 g/mol. The fraction of sp³-hybridized carbons (Fsp3) is 0.462. The van der Waals surface area contributed by atoms with E-state index < -0.39 is 0 Å². The van der Waals surface area contributed by atoms with Crippen molar-refractivity contribution in [3.8, 4) is 5.75 Å². The summed E-state index contributed by atoms with van der Waals surface area (Å²) in [5, 5.41) is 3.14. The van der Waals surface area contributed by atoms with Crippen LogP contribution in [0.1, 0.15) is 12.0 Å². The molecule has 0 spiro atoms. The van der Waals surface area contributed by atoms with Gasteiger partial charge in [0.15, 0.2) is 0 Å². The lowest BCUT2D eigenvalue weighted by Gasteiger charge is -2.18. The fourth-order valence-corrected chi connectivity index (χ4v) is 2.18. The fourth-order valence-electron chi connectivity index (χ4n) is 2.18. The van der Waals surface area contributed by atoms with Crippen LogP contribution in [-0.4, -0.2) is 32.7 Å². The topological polar surface area (TPSA) is 41.6 Å². The number of methoxy groups -OCH3 is 1. The third kappa shape index (κ3) is 2.26. The van der Waals surface area contributed by atoms with Crippen LogP contribution in [0.2, 0.25) is 0 Å². The van der Waals surface area contributed by atoms with Gasteiger partial charge in [-0.1, -0.05) is 0 Å². The number of ether oxygens (including phenoxy) is 1. The molecule has 1 aromatic rings. The van der Waals surface area contributed by atoms with Crippen LogP contribution >= 0.6 is 0 Å². The van der Waals surface area contributed by atoms with E-state index in [0.717, 1.165) is 23.5 Å². The van der Waals surface area contributed by atoms with Crippen molar-refractivity contribution in [2.45, 2.75) is 19.4 Å². The first-order valence-electron chi connectivity index (χ1n) is 5.78. The summed E-state index contributed by atoms with van der Waals surface area (Å²) < 4.78 is 5.22. The second-order valence-corrected chi connectivity index (χ2v) is 4.35. The lowest BCUT2D eigenvalue weighted by atomic mass is 10.2. The first-order chi connectivity index (χ1) is 8.15. The lowest BCUT2D eigenvalue weighted by molar-refractivity contribution is -0.117. The van der Waals surface area contributed by atoms with E-state index in [-0.39, 0.29) is 11.9 Å². The van der Waals surface area contributed by atoms with Crippen molar-refractivity contribution in [3.63, 3.8) is 0 Å². The molecule has 1 atom stereocenters. The van der Waals surface area contributed by atoms with Crippen molar-refractivity contribution >= 4 is 11.6 Å². The second kappa shape index (κ2) is 4.75. The van der Waals surface area contributed by atoms with E-state index in [0.29, 0.717) is 6.42 Å². The molecule has 1 unspecified atom stereocenters. The standard InChI is InChI=1S/C13H18N2O2/c1-9-6-11(4-5-12(9)17-3)15-8-10(14-2)7-13(15)16/h4-6,10,14H,7-8H2,1-3H3. The number of benzene rings is 1. The van der Waals surface area contributed by atoms with Crippen molar-refractivity contribution in [1.82, 2.24) is 5.32 Å². The Kier molecular flexibility index (Phi) is 3.33. The smallest absolute Gasteiger partial charge is 0.228 e. The number of rotatable bonds is 3. The van der Waals surface area contributed by atoms with Gasteiger partial charge in [0, 0.05) is 24.7 Å². The molecule has 1 saturated heterocycles. The van der Waals surface area contributed by atoms with Crippen LogP contribution < -0.4 is 15.0 Å². The van der Waals surface area contributed by atoms with Crippen LogP contribution in [0, 0.1) is 6.92 Å². The summed E-state index contributed by atoms with van der Waals surface area (Å²) in [6.45, 7) is 2.72. The minimum atomic E-state index is 0.175. The maximum atomic E-state index is 11.9. The molecule has 2 rings (SSSR count). The monoisotopic (exact) mass is 234 g/mol. The minimum Gasteiger partial charge on any atom is -0.496 e. The van der Waals surface area contributed by atoms with Crippen LogP contribution in [-0.2, 0) is 4.79 Å². The van der Waals surface area contributed by atoms with Crippen molar-refractivity contribution in [2.24, 2.45) is 0 Å². The molecule has 0 bridgehead atoms. The van der Waals surface area contributed by atoms with E-state index in [2.05, 4.69) is 5.32 Å². The van der Waals surface area contributed by atoms with Crippen molar-refractivity contribution in [1.29, 1.82) is 0 Å². The van der Waals surface area contributed by atoms with Gasteiger partial charge >= 0.3 is 0 Å². The zero-order valence-electron chi connectivity index (χ0n) is 10.5. The quantitative estimate of drug-likeness (QED) is 0.858. The maximum Gasteiger partial charge on any atom is 0.228 e. The lowest BCUT2D eigenvalue weighted by Crippen LogP contribution is -2.30. The average Bonchev–Trinajstić information content (AvgIpc) is 2.70. The molecule has 1 amide bonds. The summed E-state index contributed by atoms with van der Waals surface area (Å²) in [6.07, 6.45) is 0.571. The number of aryl methyl sites for hydroxylation is 1. The number of anilines is 1. The van der Waals surface area contributed by atoms with E-state index in [1.807, 2.05) is 37.1 Å². The summed E-state index contributed by atoms with van der Waals surface area (Å²) >= 11 is 0. The van der Waals surface area contributed by atoms with Gasteiger partial charge in [0.25, 0.3) is 0 Å². The molecular formula is C13H18N2O2. The minimum absolute atomic E-state index is 0.175. The molecule has 17 heavy (non-hydrogen) atoms. The third-order valence-corrected chi connectivity index (χ3v) is 3.22. The first kappa shape index (κ1) is 11.9. The van der Waals surface area contributed by atoms with E-state index in [9.17, 15) is 4.79 Å². The Labute approximate surface area is 102 Å². The number of carbonyl (C=O) groups excluding carboxylic acids is 1. The highest BCUT2D eigenvalue weighted by molar-refractivity contribution is 5.96. The van der Waals surface area contributed by atoms with Gasteiger partial charge in [0.05, 0.1) is 7.11 Å². The molecule has 0 aliphatic carbocycles. The Morgan fingerprint density at radius 2 is 2.24 bits per heavy atom. The Balaban J connectivity index is 2.23. The molecule has 1 aromatic carbocycles. The number of likely N-dealkylation sites (N-methyl/N-ethyl adjacent to an activating group) is 1. The Morgan fingerprint density at radius 3 is 2.76 bits per heavy atom. The molecule has 4 heteroatoms. The largest absolute Gasteiger partial charge is 0.496 e. The third-order valence-electron chi connectivity index (χ3n) is 3.22. The van der Waals surface area contributed by atoms with Gasteiger partial charge in [-0.05, 0) is 37.7 Å². The molecule has 0 aromatic heterocycles. The highest BCUT2D eigenvalue weighted by Gasteiger charge is 2.29. The highest BCUT2D eigenvalue weighted by atomic mass is 16.5. The Hall–Kier alpha value is -1.55. The van der Waals surface area contributed by atoms with E-state index in [1.165, 1.54) is 0 Å². The van der Waals surface area contributed by atoms with Crippen molar-refractivity contribution in [2.75, 3.05) is 25.6 Å². The van der Waals surface area contributed by atoms with Crippen LogP contribution in [0.15, 0.2) is 18.2 Å². The molecule has 0 radical (unpaired) electrons. The van der Waals surface area contributed by atoms with Gasteiger partial charge in [-0.2, -0.15) is 0 Å². The Morgan fingerprint density at radius 1 is 1.47 bits per heavy atom. The van der Waals surface area contributed by atoms with Gasteiger partial charge < -0.3 is 15.0 Å². The molecular weight excluding hydrogens is 216 g/mol. The van der Waals surface area contributed by atoms with E-state index in [1.54, 1.807) is 7.11 Å². The van der Waals surface area contributed by atoms with Crippen molar-refractivity contribution in [3.05, 3.63) is 23.8 Å². The Bertz CT molecular complexity index is 431. The van der Waals surface area contributed by atoms with Crippen LogP contribution in [0.4, 0.5) is 5.69 Å². The first-order valence-corrected chi connectivity index (χ1v) is 5.78. The summed E-state index contributed by atoms with van der Waals surface area (Å²) in [4.78, 5) is 13.7. The van der Waals surface area contributed by atoms with E-state index in [4.69, 9.17) is 4.74 Å².